The number of carbonyl (C=O) groups is 2. The summed E-state index contributed by atoms with van der Waals surface area (Å²) < 4.78 is 11.2. The molecule has 10 heteroatoms. The molecule has 0 bridgehead atoms. The maximum atomic E-state index is 11.6. The van der Waals surface area contributed by atoms with Gasteiger partial charge in [0.15, 0.2) is 11.4 Å². The van der Waals surface area contributed by atoms with E-state index in [9.17, 15) is 19.7 Å². The van der Waals surface area contributed by atoms with Crippen LogP contribution in [0.25, 0.3) is 11.1 Å². The minimum Gasteiger partial charge on any atom is -0.463 e. The summed E-state index contributed by atoms with van der Waals surface area (Å²) in [4.78, 5) is 32.6. The van der Waals surface area contributed by atoms with Crippen molar-refractivity contribution in [2.75, 3.05) is 19.0 Å². The van der Waals surface area contributed by atoms with Gasteiger partial charge in [-0.25, -0.2) is 4.79 Å². The lowest BCUT2D eigenvalue weighted by Crippen LogP contribution is -2.16. The van der Waals surface area contributed by atoms with Crippen LogP contribution in [0, 0.1) is 10.1 Å². The van der Waals surface area contributed by atoms with Crippen molar-refractivity contribution < 1.29 is 23.7 Å². The Morgan fingerprint density at radius 1 is 1.57 bits per heavy atom. The highest BCUT2D eigenvalue weighted by Gasteiger charge is 2.20. The number of hydrogen-bond donors (Lipinski definition) is 1. The van der Waals surface area contributed by atoms with Gasteiger partial charge < -0.3 is 14.5 Å². The molecule has 1 N–H and O–H groups in total. The average Bonchev–Trinajstić information content (AvgIpc) is 2.98. The molecule has 1 amide bonds. The molecule has 0 saturated carbocycles. The average molecular weight is 296 g/mol. The Kier molecular flexibility index (Phi) is 3.87. The maximum Gasteiger partial charge on any atom is 0.374 e. The molecule has 2 aromatic rings. The second-order valence-electron chi connectivity index (χ2n) is 4.14. The lowest BCUT2D eigenvalue weighted by Gasteiger charge is -1.99. The number of nitrogens with zero attached hydrogens (tertiary/aromatic N) is 3. The standard InChI is InChI=1S/C11H12N4O6/c1-14-6-5-7(11(17)20-2)21-9(6)10(13-14)12-8(16)3-4-15(18)19/h5H,3-4H2,1-2H3,(H,12,13,16). The van der Waals surface area contributed by atoms with Crippen LogP contribution in [0.1, 0.15) is 17.0 Å². The van der Waals surface area contributed by atoms with Gasteiger partial charge in [0.05, 0.1) is 13.5 Å². The summed E-state index contributed by atoms with van der Waals surface area (Å²) in [5, 5.41) is 16.6. The minimum absolute atomic E-state index is 0.0266. The molecule has 0 aliphatic rings. The topological polar surface area (TPSA) is 130 Å². The molecule has 0 radical (unpaired) electrons. The molecular weight excluding hydrogens is 284 g/mol. The van der Waals surface area contributed by atoms with E-state index in [1.165, 1.54) is 17.9 Å². The Balaban J connectivity index is 2.23. The quantitative estimate of drug-likeness (QED) is 0.484. The Hall–Kier alpha value is -2.91. The molecule has 0 atom stereocenters. The third kappa shape index (κ3) is 2.99. The van der Waals surface area contributed by atoms with Gasteiger partial charge >= 0.3 is 5.97 Å². The number of esters is 1. The van der Waals surface area contributed by atoms with Gasteiger partial charge in [-0.05, 0) is 0 Å². The van der Waals surface area contributed by atoms with Gasteiger partial charge in [0.2, 0.25) is 18.2 Å². The van der Waals surface area contributed by atoms with Crippen LogP contribution in [0.5, 0.6) is 0 Å². The summed E-state index contributed by atoms with van der Waals surface area (Å²) in [5.74, 6) is -1.16. The van der Waals surface area contributed by atoms with E-state index in [1.807, 2.05) is 0 Å². The predicted molar refractivity (Wildman–Crippen MR) is 69.4 cm³/mol. The van der Waals surface area contributed by atoms with E-state index in [2.05, 4.69) is 15.2 Å². The fraction of sp³-hybridized carbons (Fsp3) is 0.364. The van der Waals surface area contributed by atoms with Crippen molar-refractivity contribution >= 4 is 28.8 Å². The molecule has 0 aliphatic heterocycles. The van der Waals surface area contributed by atoms with Crippen LogP contribution >= 0.6 is 0 Å². The number of furan rings is 1. The van der Waals surface area contributed by atoms with Crippen LogP contribution in [0.2, 0.25) is 0 Å². The first-order valence-electron chi connectivity index (χ1n) is 5.89. The Bertz CT molecular complexity index is 716. The summed E-state index contributed by atoms with van der Waals surface area (Å²) in [7, 11) is 2.82. The van der Waals surface area contributed by atoms with Crippen LogP contribution in [0.3, 0.4) is 0 Å². The summed E-state index contributed by atoms with van der Waals surface area (Å²) in [5.41, 5.74) is 0.687. The minimum atomic E-state index is -0.656. The van der Waals surface area contributed by atoms with Crippen molar-refractivity contribution in [2.24, 2.45) is 7.05 Å². The second kappa shape index (κ2) is 5.61. The summed E-state index contributed by atoms with van der Waals surface area (Å²) in [6.07, 6.45) is -0.282. The van der Waals surface area contributed by atoms with Crippen LogP contribution in [0.15, 0.2) is 10.5 Å². The van der Waals surface area contributed by atoms with Gasteiger partial charge in [-0.15, -0.1) is 0 Å². The molecule has 0 fully saturated rings. The zero-order valence-corrected chi connectivity index (χ0v) is 11.3. The van der Waals surface area contributed by atoms with Gasteiger partial charge in [0.1, 0.15) is 5.52 Å². The first kappa shape index (κ1) is 14.5. The maximum absolute atomic E-state index is 11.6. The number of amides is 1. The Morgan fingerprint density at radius 3 is 2.90 bits per heavy atom. The van der Waals surface area contributed by atoms with E-state index < -0.39 is 23.3 Å². The molecule has 0 aromatic carbocycles. The first-order valence-corrected chi connectivity index (χ1v) is 5.89. The van der Waals surface area contributed by atoms with Crippen LogP contribution < -0.4 is 5.32 Å². The lowest BCUT2D eigenvalue weighted by molar-refractivity contribution is -0.478. The van der Waals surface area contributed by atoms with Crippen LogP contribution in [-0.4, -0.2) is 40.2 Å². The number of aryl methyl sites for hydroxylation is 1. The number of fused-ring (bicyclic) bond motifs is 1. The van der Waals surface area contributed by atoms with E-state index in [0.29, 0.717) is 5.52 Å². The van der Waals surface area contributed by atoms with Crippen LogP contribution in [0.4, 0.5) is 5.82 Å². The molecular formula is C11H12N4O6. The molecule has 2 heterocycles. The van der Waals surface area contributed by atoms with Gasteiger partial charge in [0, 0.05) is 18.0 Å². The molecule has 0 spiro atoms. The highest BCUT2D eigenvalue weighted by atomic mass is 16.6. The summed E-state index contributed by atoms with van der Waals surface area (Å²) in [6, 6.07) is 1.43. The van der Waals surface area contributed by atoms with Crippen LogP contribution in [-0.2, 0) is 16.6 Å². The van der Waals surface area contributed by atoms with E-state index in [-0.39, 0.29) is 23.6 Å². The molecule has 0 aliphatic carbocycles. The van der Waals surface area contributed by atoms with Gasteiger partial charge in [0.25, 0.3) is 0 Å². The van der Waals surface area contributed by atoms with E-state index in [4.69, 9.17) is 4.42 Å². The van der Waals surface area contributed by atoms with E-state index in [0.717, 1.165) is 0 Å². The smallest absolute Gasteiger partial charge is 0.374 e. The fourth-order valence-electron chi connectivity index (χ4n) is 1.71. The number of methoxy groups -OCH3 is 1. The monoisotopic (exact) mass is 296 g/mol. The van der Waals surface area contributed by atoms with Crippen molar-refractivity contribution in [3.63, 3.8) is 0 Å². The number of nitro groups is 1. The van der Waals surface area contributed by atoms with Crippen molar-refractivity contribution in [1.82, 2.24) is 9.78 Å². The largest absolute Gasteiger partial charge is 0.463 e. The van der Waals surface area contributed by atoms with Crippen molar-refractivity contribution in [2.45, 2.75) is 6.42 Å². The molecule has 21 heavy (non-hydrogen) atoms. The molecule has 2 rings (SSSR count). The number of carbonyl (C=O) groups excluding carboxylic acids is 2. The Labute approximate surface area is 117 Å². The molecule has 0 unspecified atom stereocenters. The predicted octanol–water partition coefficient (Wildman–Crippen LogP) is 0.558. The molecule has 112 valence electrons. The first-order chi connectivity index (χ1) is 9.92. The summed E-state index contributed by atoms with van der Waals surface area (Å²) >= 11 is 0. The third-order valence-electron chi connectivity index (χ3n) is 2.69. The highest BCUT2D eigenvalue weighted by molar-refractivity contribution is 6.00. The number of aromatic nitrogens is 2. The lowest BCUT2D eigenvalue weighted by atomic mass is 10.4. The summed E-state index contributed by atoms with van der Waals surface area (Å²) in [6.45, 7) is -0.479. The normalized spacial score (nSPS) is 10.6. The number of hydrogen-bond acceptors (Lipinski definition) is 7. The number of rotatable bonds is 5. The van der Waals surface area contributed by atoms with Gasteiger partial charge in [-0.1, -0.05) is 0 Å². The molecule has 0 saturated heterocycles. The van der Waals surface area contributed by atoms with Gasteiger partial charge in [-0.3, -0.25) is 19.6 Å². The second-order valence-corrected chi connectivity index (χ2v) is 4.14. The number of ether oxygens (including phenoxy) is 1. The van der Waals surface area contributed by atoms with Crippen molar-refractivity contribution in [1.29, 1.82) is 0 Å². The highest BCUT2D eigenvalue weighted by Crippen LogP contribution is 2.26. The third-order valence-corrected chi connectivity index (χ3v) is 2.69. The number of nitrogens with one attached hydrogen (secondary N) is 1. The number of anilines is 1. The van der Waals surface area contributed by atoms with E-state index >= 15 is 0 Å². The molecule has 10 nitrogen and oxygen atoms in total. The van der Waals surface area contributed by atoms with Crippen molar-refractivity contribution in [3.05, 3.63) is 21.9 Å². The van der Waals surface area contributed by atoms with Crippen molar-refractivity contribution in [3.8, 4) is 0 Å². The fourth-order valence-corrected chi connectivity index (χ4v) is 1.71. The van der Waals surface area contributed by atoms with Gasteiger partial charge in [-0.2, -0.15) is 5.10 Å². The Morgan fingerprint density at radius 2 is 2.29 bits per heavy atom. The zero-order valence-electron chi connectivity index (χ0n) is 11.3. The van der Waals surface area contributed by atoms with E-state index in [1.54, 1.807) is 7.05 Å². The zero-order chi connectivity index (χ0) is 15.6. The molecule has 2 aromatic heterocycles. The SMILES string of the molecule is COC(=O)c1cc2c(o1)c(NC(=O)CC[N+](=O)[O-])nn2C.